The maximum absolute atomic E-state index is 15.2. The molecule has 1 amide bonds. The van der Waals surface area contributed by atoms with E-state index >= 15 is 4.39 Å². The number of carboxylic acids is 1. The molecule has 1 saturated heterocycles. The van der Waals surface area contributed by atoms with Gasteiger partial charge in [0, 0.05) is 18.0 Å². The van der Waals surface area contributed by atoms with E-state index in [1.54, 1.807) is 0 Å². The highest BCUT2D eigenvalue weighted by molar-refractivity contribution is 5.97. The normalized spacial score (nSPS) is 36.9. The van der Waals surface area contributed by atoms with Gasteiger partial charge in [0.05, 0.1) is 12.2 Å². The predicted octanol–water partition coefficient (Wildman–Crippen LogP) is 4.94. The molecule has 2 unspecified atom stereocenters. The molecule has 6 fully saturated rings. The van der Waals surface area contributed by atoms with E-state index < -0.39 is 29.9 Å². The number of ether oxygens (including phenoxy) is 1. The second-order valence-electron chi connectivity index (χ2n) is 11.4. The number of aliphatic carboxylic acids is 1. The van der Waals surface area contributed by atoms with Crippen molar-refractivity contribution in [3.63, 3.8) is 0 Å². The van der Waals surface area contributed by atoms with Crippen LogP contribution in [0.4, 0.5) is 8.78 Å². The van der Waals surface area contributed by atoms with Crippen LogP contribution in [0.2, 0.25) is 0 Å². The Bertz CT molecular complexity index is 955. The van der Waals surface area contributed by atoms with E-state index in [1.807, 2.05) is 0 Å². The molecule has 0 spiro atoms. The lowest BCUT2D eigenvalue weighted by Gasteiger charge is -2.56. The first-order valence-electron chi connectivity index (χ1n) is 12.5. The highest BCUT2D eigenvalue weighted by atomic mass is 19.1. The average Bonchev–Trinajstić information content (AvgIpc) is 3.51. The summed E-state index contributed by atoms with van der Waals surface area (Å²) in [7, 11) is 0. The lowest BCUT2D eigenvalue weighted by atomic mass is 9.50. The van der Waals surface area contributed by atoms with Crippen LogP contribution in [0.3, 0.4) is 0 Å². The van der Waals surface area contributed by atoms with Crippen LogP contribution < -0.4 is 4.74 Å². The zero-order chi connectivity index (χ0) is 22.9. The molecule has 4 bridgehead atoms. The summed E-state index contributed by atoms with van der Waals surface area (Å²) in [5.41, 5.74) is 0.841. The molecule has 5 aliphatic carbocycles. The minimum Gasteiger partial charge on any atom is -0.493 e. The zero-order valence-corrected chi connectivity index (χ0v) is 18.8. The van der Waals surface area contributed by atoms with Gasteiger partial charge in [0.1, 0.15) is 17.7 Å². The first kappa shape index (κ1) is 21.4. The highest BCUT2D eigenvalue weighted by Crippen LogP contribution is 2.60. The quantitative estimate of drug-likeness (QED) is 0.655. The lowest BCUT2D eigenvalue weighted by molar-refractivity contribution is -0.142. The molecule has 5 nitrogen and oxygen atoms in total. The second-order valence-corrected chi connectivity index (χ2v) is 11.4. The van der Waals surface area contributed by atoms with Crippen LogP contribution in [-0.2, 0) is 4.79 Å². The molecular formula is C26H31F2NO4. The van der Waals surface area contributed by atoms with Crippen molar-refractivity contribution in [3.8, 4) is 5.75 Å². The fourth-order valence-corrected chi connectivity index (χ4v) is 7.70. The minimum absolute atomic E-state index is 0.0283. The SMILES string of the molecule is O=C(O)C1C(F)CCN1C(=O)c1cc(C2CC2)c(OCC23CC4CC(CC(C4)C2)C3)cc1F. The van der Waals surface area contributed by atoms with Crippen LogP contribution in [0, 0.1) is 29.0 Å². The number of rotatable bonds is 6. The molecule has 1 aromatic rings. The predicted molar refractivity (Wildman–Crippen MR) is 116 cm³/mol. The fourth-order valence-electron chi connectivity index (χ4n) is 7.70. The molecule has 1 N–H and O–H groups in total. The van der Waals surface area contributed by atoms with Crippen molar-refractivity contribution in [2.75, 3.05) is 13.2 Å². The smallest absolute Gasteiger partial charge is 0.329 e. The Balaban J connectivity index is 1.24. The maximum atomic E-state index is 15.2. The fraction of sp³-hybridized carbons (Fsp3) is 0.692. The minimum atomic E-state index is -1.64. The van der Waals surface area contributed by atoms with Gasteiger partial charge >= 0.3 is 5.97 Å². The summed E-state index contributed by atoms with van der Waals surface area (Å²) in [5.74, 6) is 0.287. The van der Waals surface area contributed by atoms with Crippen molar-refractivity contribution in [3.05, 3.63) is 29.1 Å². The Morgan fingerprint density at radius 1 is 1.06 bits per heavy atom. The first-order chi connectivity index (χ1) is 15.8. The molecule has 2 atom stereocenters. The van der Waals surface area contributed by atoms with Gasteiger partial charge in [0.15, 0.2) is 6.04 Å². The Morgan fingerprint density at radius 2 is 1.70 bits per heavy atom. The number of carboxylic acid groups (broad SMARTS) is 1. The molecule has 7 rings (SSSR count). The summed E-state index contributed by atoms with van der Waals surface area (Å²) >= 11 is 0. The lowest BCUT2D eigenvalue weighted by Crippen LogP contribution is -2.48. The Morgan fingerprint density at radius 3 is 2.27 bits per heavy atom. The van der Waals surface area contributed by atoms with Crippen LogP contribution in [0.1, 0.15) is 79.6 Å². The number of likely N-dealkylation sites (tertiary alicyclic amines) is 1. The topological polar surface area (TPSA) is 66.8 Å². The maximum Gasteiger partial charge on any atom is 0.329 e. The monoisotopic (exact) mass is 459 g/mol. The largest absolute Gasteiger partial charge is 0.493 e. The number of amides is 1. The summed E-state index contributed by atoms with van der Waals surface area (Å²) in [6.07, 6.45) is 7.89. The molecule has 178 valence electrons. The van der Waals surface area contributed by atoms with Crippen molar-refractivity contribution in [1.82, 2.24) is 4.90 Å². The third-order valence-electron chi connectivity index (χ3n) is 8.88. The number of benzene rings is 1. The van der Waals surface area contributed by atoms with Gasteiger partial charge in [0.2, 0.25) is 0 Å². The van der Waals surface area contributed by atoms with Crippen molar-refractivity contribution in [2.24, 2.45) is 23.2 Å². The van der Waals surface area contributed by atoms with Gasteiger partial charge < -0.3 is 14.7 Å². The number of hydrogen-bond donors (Lipinski definition) is 1. The molecule has 1 heterocycles. The Hall–Kier alpha value is -2.18. The van der Waals surface area contributed by atoms with Crippen molar-refractivity contribution in [1.29, 1.82) is 0 Å². The van der Waals surface area contributed by atoms with Crippen LogP contribution in [0.15, 0.2) is 12.1 Å². The van der Waals surface area contributed by atoms with Crippen molar-refractivity contribution < 1.29 is 28.2 Å². The standard InChI is InChI=1S/C26H31F2NO4/c27-20-3-4-29(23(20)25(31)32)24(30)19-8-18(17-1-2-17)22(9-21(19)28)33-13-26-10-14-5-15(11-26)7-16(6-14)12-26/h8-9,14-17,20,23H,1-7,10-13H2,(H,31,32). The van der Waals surface area contributed by atoms with E-state index in [0.717, 1.165) is 41.1 Å². The van der Waals surface area contributed by atoms with E-state index in [0.29, 0.717) is 12.4 Å². The molecule has 6 aliphatic rings. The molecule has 5 saturated carbocycles. The number of alkyl halides is 1. The molecule has 33 heavy (non-hydrogen) atoms. The van der Waals surface area contributed by atoms with Crippen LogP contribution >= 0.6 is 0 Å². The molecule has 1 aromatic carbocycles. The van der Waals surface area contributed by atoms with Gasteiger partial charge in [-0.25, -0.2) is 13.6 Å². The van der Waals surface area contributed by atoms with Crippen LogP contribution in [-0.4, -0.2) is 47.2 Å². The van der Waals surface area contributed by atoms with E-state index in [9.17, 15) is 19.1 Å². The third-order valence-corrected chi connectivity index (χ3v) is 8.88. The van der Waals surface area contributed by atoms with Gasteiger partial charge in [0.25, 0.3) is 5.91 Å². The van der Waals surface area contributed by atoms with Gasteiger partial charge in [-0.2, -0.15) is 0 Å². The van der Waals surface area contributed by atoms with E-state index in [2.05, 4.69) is 0 Å². The van der Waals surface area contributed by atoms with Crippen LogP contribution in [0.5, 0.6) is 5.75 Å². The molecule has 0 radical (unpaired) electrons. The summed E-state index contributed by atoms with van der Waals surface area (Å²) in [6, 6.07) is 1.28. The highest BCUT2D eigenvalue weighted by Gasteiger charge is 2.51. The van der Waals surface area contributed by atoms with Gasteiger partial charge in [-0.1, -0.05) is 0 Å². The summed E-state index contributed by atoms with van der Waals surface area (Å²) in [4.78, 5) is 25.5. The van der Waals surface area contributed by atoms with E-state index in [4.69, 9.17) is 4.74 Å². The number of halogens is 2. The van der Waals surface area contributed by atoms with Crippen LogP contribution in [0.25, 0.3) is 0 Å². The summed E-state index contributed by atoms with van der Waals surface area (Å²) in [5, 5.41) is 9.35. The van der Waals surface area contributed by atoms with Gasteiger partial charge in [-0.15, -0.1) is 0 Å². The Kier molecular flexibility index (Phi) is 4.97. The molecule has 7 heteroatoms. The summed E-state index contributed by atoms with van der Waals surface area (Å²) < 4.78 is 35.5. The number of nitrogens with zero attached hydrogens (tertiary/aromatic N) is 1. The number of carbonyl (C=O) groups excluding carboxylic acids is 1. The van der Waals surface area contributed by atoms with Gasteiger partial charge in [-0.3, -0.25) is 4.79 Å². The average molecular weight is 460 g/mol. The molecule has 0 aromatic heterocycles. The third kappa shape index (κ3) is 3.71. The van der Waals surface area contributed by atoms with E-state index in [-0.39, 0.29) is 29.9 Å². The zero-order valence-electron chi connectivity index (χ0n) is 18.8. The van der Waals surface area contributed by atoms with Gasteiger partial charge in [-0.05, 0) is 93.1 Å². The van der Waals surface area contributed by atoms with E-state index in [1.165, 1.54) is 50.7 Å². The first-order valence-corrected chi connectivity index (χ1v) is 12.5. The second kappa shape index (κ2) is 7.67. The van der Waals surface area contributed by atoms with Crippen molar-refractivity contribution in [2.45, 2.75) is 75.9 Å². The summed E-state index contributed by atoms with van der Waals surface area (Å²) in [6.45, 7) is 0.569. The number of carbonyl (C=O) groups is 2. The molecule has 1 aliphatic heterocycles. The number of hydrogen-bond acceptors (Lipinski definition) is 3. The Labute approximate surface area is 192 Å². The van der Waals surface area contributed by atoms with Crippen molar-refractivity contribution >= 4 is 11.9 Å². The molecular weight excluding hydrogens is 428 g/mol.